The van der Waals surface area contributed by atoms with E-state index in [1.54, 1.807) is 0 Å². The lowest BCUT2D eigenvalue weighted by atomic mass is 10.3. The summed E-state index contributed by atoms with van der Waals surface area (Å²) in [5, 5.41) is 7.64. The van der Waals surface area contributed by atoms with E-state index in [0.717, 1.165) is 12.8 Å². The molecule has 3 amide bonds. The molecule has 0 aromatic heterocycles. The Bertz CT molecular complexity index is 443. The third-order valence-electron chi connectivity index (χ3n) is 2.46. The molecule has 5 nitrogen and oxygen atoms in total. The number of hydrogen-bond donors (Lipinski definition) is 3. The van der Waals surface area contributed by atoms with Crippen molar-refractivity contribution in [1.29, 1.82) is 0 Å². The zero-order valence-electron chi connectivity index (χ0n) is 9.70. The zero-order chi connectivity index (χ0) is 13.0. The third-order valence-corrected chi connectivity index (χ3v) is 2.46. The molecule has 0 unspecified atom stereocenters. The largest absolute Gasteiger partial charge is 0.376 e. The van der Waals surface area contributed by atoms with Gasteiger partial charge in [0.15, 0.2) is 0 Å². The number of nitrogens with one attached hydrogen (secondary N) is 3. The molecule has 0 bridgehead atoms. The number of imide groups is 1. The summed E-state index contributed by atoms with van der Waals surface area (Å²) < 4.78 is 12.6. The minimum Gasteiger partial charge on any atom is -0.376 e. The molecule has 6 heteroatoms. The Labute approximate surface area is 104 Å². The summed E-state index contributed by atoms with van der Waals surface area (Å²) in [7, 11) is 0. The van der Waals surface area contributed by atoms with E-state index in [4.69, 9.17) is 0 Å². The van der Waals surface area contributed by atoms with Gasteiger partial charge in [0, 0.05) is 11.7 Å². The van der Waals surface area contributed by atoms with Crippen molar-refractivity contribution in [3.8, 4) is 0 Å². The Morgan fingerprint density at radius 2 is 1.89 bits per heavy atom. The fourth-order valence-corrected chi connectivity index (χ4v) is 1.37. The fraction of sp³-hybridized carbons (Fsp3) is 0.333. The van der Waals surface area contributed by atoms with E-state index in [1.807, 2.05) is 0 Å². The first-order valence-electron chi connectivity index (χ1n) is 5.73. The summed E-state index contributed by atoms with van der Waals surface area (Å²) >= 11 is 0. The number of anilines is 1. The van der Waals surface area contributed by atoms with Crippen LogP contribution in [0.15, 0.2) is 24.3 Å². The quantitative estimate of drug-likeness (QED) is 0.753. The van der Waals surface area contributed by atoms with Crippen LogP contribution in [0, 0.1) is 5.82 Å². The van der Waals surface area contributed by atoms with Crippen LogP contribution < -0.4 is 16.0 Å². The summed E-state index contributed by atoms with van der Waals surface area (Å²) in [6.45, 7) is -0.0380. The maximum absolute atomic E-state index is 12.6. The van der Waals surface area contributed by atoms with Gasteiger partial charge in [-0.1, -0.05) is 0 Å². The molecule has 0 aliphatic heterocycles. The lowest BCUT2D eigenvalue weighted by Gasteiger charge is -2.07. The van der Waals surface area contributed by atoms with Gasteiger partial charge in [0.1, 0.15) is 5.82 Å². The average Bonchev–Trinajstić information content (AvgIpc) is 3.12. The van der Waals surface area contributed by atoms with Crippen LogP contribution in [-0.2, 0) is 4.79 Å². The highest BCUT2D eigenvalue weighted by Crippen LogP contribution is 2.18. The van der Waals surface area contributed by atoms with Crippen LogP contribution in [0.1, 0.15) is 12.8 Å². The van der Waals surface area contributed by atoms with Crippen molar-refractivity contribution in [3.05, 3.63) is 30.1 Å². The molecule has 1 aliphatic rings. The van der Waals surface area contributed by atoms with Crippen LogP contribution in [-0.4, -0.2) is 24.5 Å². The van der Waals surface area contributed by atoms with Crippen LogP contribution in [0.2, 0.25) is 0 Å². The number of rotatable bonds is 4. The number of carbonyl (C=O) groups excluding carboxylic acids is 2. The molecule has 2 rings (SSSR count). The fourth-order valence-electron chi connectivity index (χ4n) is 1.37. The summed E-state index contributed by atoms with van der Waals surface area (Å²) in [4.78, 5) is 22.6. The molecule has 1 saturated carbocycles. The van der Waals surface area contributed by atoms with Gasteiger partial charge in [-0.2, -0.15) is 0 Å². The standard InChI is InChI=1S/C12H14FN3O2/c13-8-1-3-9(4-2-8)14-7-11(17)16-12(18)15-10-5-6-10/h1-4,10,14H,5-7H2,(H2,15,16,17,18). The monoisotopic (exact) mass is 251 g/mol. The van der Waals surface area contributed by atoms with Gasteiger partial charge in [-0.3, -0.25) is 10.1 Å². The Kier molecular flexibility index (Phi) is 3.76. The van der Waals surface area contributed by atoms with Crippen molar-refractivity contribution in [2.75, 3.05) is 11.9 Å². The second kappa shape index (κ2) is 5.48. The van der Waals surface area contributed by atoms with Gasteiger partial charge >= 0.3 is 6.03 Å². The molecule has 0 spiro atoms. The molecule has 1 aromatic carbocycles. The number of amides is 3. The van der Waals surface area contributed by atoms with Crippen LogP contribution >= 0.6 is 0 Å². The maximum atomic E-state index is 12.6. The first-order valence-corrected chi connectivity index (χ1v) is 5.73. The molecular formula is C12H14FN3O2. The molecule has 0 radical (unpaired) electrons. The predicted molar refractivity (Wildman–Crippen MR) is 64.6 cm³/mol. The Morgan fingerprint density at radius 1 is 1.22 bits per heavy atom. The maximum Gasteiger partial charge on any atom is 0.321 e. The van der Waals surface area contributed by atoms with E-state index in [2.05, 4.69) is 16.0 Å². The van der Waals surface area contributed by atoms with E-state index in [9.17, 15) is 14.0 Å². The van der Waals surface area contributed by atoms with Crippen LogP contribution in [0.25, 0.3) is 0 Å². The molecule has 0 atom stereocenters. The van der Waals surface area contributed by atoms with E-state index in [0.29, 0.717) is 5.69 Å². The third kappa shape index (κ3) is 4.04. The van der Waals surface area contributed by atoms with Gasteiger partial charge in [-0.15, -0.1) is 0 Å². The number of carbonyl (C=O) groups is 2. The highest BCUT2D eigenvalue weighted by atomic mass is 19.1. The van der Waals surface area contributed by atoms with Crippen molar-refractivity contribution in [2.24, 2.45) is 0 Å². The van der Waals surface area contributed by atoms with Crippen molar-refractivity contribution in [1.82, 2.24) is 10.6 Å². The van der Waals surface area contributed by atoms with Crippen molar-refractivity contribution < 1.29 is 14.0 Å². The first-order chi connectivity index (χ1) is 8.63. The minimum atomic E-state index is -0.469. The Hall–Kier alpha value is -2.11. The number of halogens is 1. The van der Waals surface area contributed by atoms with E-state index >= 15 is 0 Å². The van der Waals surface area contributed by atoms with Crippen molar-refractivity contribution in [2.45, 2.75) is 18.9 Å². The lowest BCUT2D eigenvalue weighted by molar-refractivity contribution is -0.118. The van der Waals surface area contributed by atoms with Gasteiger partial charge in [0.2, 0.25) is 5.91 Å². The molecule has 1 aromatic rings. The highest BCUT2D eigenvalue weighted by Gasteiger charge is 2.23. The molecule has 1 aliphatic carbocycles. The number of hydrogen-bond acceptors (Lipinski definition) is 3. The van der Waals surface area contributed by atoms with Gasteiger partial charge in [-0.25, -0.2) is 9.18 Å². The normalized spacial score (nSPS) is 13.8. The Balaban J connectivity index is 1.70. The van der Waals surface area contributed by atoms with Gasteiger partial charge in [0.05, 0.1) is 6.54 Å². The molecule has 0 saturated heterocycles. The first kappa shape index (κ1) is 12.3. The van der Waals surface area contributed by atoms with Gasteiger partial charge < -0.3 is 10.6 Å². The van der Waals surface area contributed by atoms with Crippen LogP contribution in [0.5, 0.6) is 0 Å². The lowest BCUT2D eigenvalue weighted by Crippen LogP contribution is -2.42. The summed E-state index contributed by atoms with van der Waals surface area (Å²) in [5.41, 5.74) is 0.620. The predicted octanol–water partition coefficient (Wildman–Crippen LogP) is 1.23. The molecule has 18 heavy (non-hydrogen) atoms. The average molecular weight is 251 g/mol. The number of urea groups is 1. The summed E-state index contributed by atoms with van der Waals surface area (Å²) in [5.74, 6) is -0.772. The molecule has 0 heterocycles. The SMILES string of the molecule is O=C(CNc1ccc(F)cc1)NC(=O)NC1CC1. The zero-order valence-corrected chi connectivity index (χ0v) is 9.70. The second-order valence-corrected chi connectivity index (χ2v) is 4.16. The van der Waals surface area contributed by atoms with Crippen LogP contribution in [0.3, 0.4) is 0 Å². The second-order valence-electron chi connectivity index (χ2n) is 4.16. The molecule has 96 valence electrons. The van der Waals surface area contributed by atoms with Crippen LogP contribution in [0.4, 0.5) is 14.9 Å². The van der Waals surface area contributed by atoms with E-state index < -0.39 is 11.9 Å². The van der Waals surface area contributed by atoms with Gasteiger partial charge in [-0.05, 0) is 37.1 Å². The summed E-state index contributed by atoms with van der Waals surface area (Å²) in [6, 6.07) is 5.37. The van der Waals surface area contributed by atoms with Gasteiger partial charge in [0.25, 0.3) is 0 Å². The highest BCUT2D eigenvalue weighted by molar-refractivity contribution is 5.96. The Morgan fingerprint density at radius 3 is 2.50 bits per heavy atom. The van der Waals surface area contributed by atoms with Crippen molar-refractivity contribution >= 4 is 17.6 Å². The molecular weight excluding hydrogens is 237 g/mol. The topological polar surface area (TPSA) is 70.2 Å². The molecule has 1 fully saturated rings. The molecule has 3 N–H and O–H groups in total. The minimum absolute atomic E-state index is 0.0380. The van der Waals surface area contributed by atoms with Crippen molar-refractivity contribution in [3.63, 3.8) is 0 Å². The smallest absolute Gasteiger partial charge is 0.321 e. The summed E-state index contributed by atoms with van der Waals surface area (Å²) in [6.07, 6.45) is 1.94. The number of benzene rings is 1. The van der Waals surface area contributed by atoms with E-state index in [1.165, 1.54) is 24.3 Å². The van der Waals surface area contributed by atoms with E-state index in [-0.39, 0.29) is 18.4 Å².